The van der Waals surface area contributed by atoms with Crippen LogP contribution >= 0.6 is 22.7 Å². The number of carbonyl (C=O) groups is 1. The summed E-state index contributed by atoms with van der Waals surface area (Å²) in [6.07, 6.45) is 0.499. The first-order chi connectivity index (χ1) is 12.1. The van der Waals surface area contributed by atoms with Crippen molar-refractivity contribution in [2.24, 2.45) is 0 Å². The number of rotatable bonds is 7. The number of aryl methyl sites for hydroxylation is 1. The third-order valence-electron chi connectivity index (χ3n) is 4.05. The third kappa shape index (κ3) is 4.15. The van der Waals surface area contributed by atoms with Crippen LogP contribution in [0.1, 0.15) is 22.4 Å². The summed E-state index contributed by atoms with van der Waals surface area (Å²) in [4.78, 5) is 13.0. The second kappa shape index (κ2) is 7.91. The molecule has 2 aromatic heterocycles. The second-order valence-corrected chi connectivity index (χ2v) is 7.45. The van der Waals surface area contributed by atoms with Gasteiger partial charge in [0.05, 0.1) is 6.54 Å². The van der Waals surface area contributed by atoms with Crippen LogP contribution in [0, 0.1) is 5.82 Å². The van der Waals surface area contributed by atoms with Crippen LogP contribution in [0.2, 0.25) is 0 Å². The van der Waals surface area contributed by atoms with E-state index in [1.54, 1.807) is 18.2 Å². The lowest BCUT2D eigenvalue weighted by atomic mass is 9.94. The summed E-state index contributed by atoms with van der Waals surface area (Å²) in [5, 5.41) is 19.6. The normalized spacial score (nSPS) is 13.4. The Kier molecular flexibility index (Phi) is 5.63. The highest BCUT2D eigenvalue weighted by atomic mass is 32.1. The topological polar surface area (TPSA) is 49.3 Å². The van der Waals surface area contributed by atoms with E-state index >= 15 is 0 Å². The highest BCUT2D eigenvalue weighted by Gasteiger charge is 2.33. The predicted octanol–water partition coefficient (Wildman–Crippen LogP) is 3.93. The van der Waals surface area contributed by atoms with Crippen LogP contribution in [0.4, 0.5) is 4.39 Å². The van der Waals surface area contributed by atoms with Gasteiger partial charge in [0.1, 0.15) is 11.4 Å². The molecule has 3 rings (SSSR count). The second-order valence-electron chi connectivity index (χ2n) is 5.72. The molecule has 0 aliphatic carbocycles. The number of hydrogen-bond acceptors (Lipinski definition) is 4. The Bertz CT molecular complexity index is 782. The Morgan fingerprint density at radius 1 is 1.16 bits per heavy atom. The molecule has 1 atom stereocenters. The van der Waals surface area contributed by atoms with Crippen molar-refractivity contribution in [3.63, 3.8) is 0 Å². The zero-order valence-electron chi connectivity index (χ0n) is 13.4. The van der Waals surface area contributed by atoms with Crippen molar-refractivity contribution in [1.29, 1.82) is 0 Å². The van der Waals surface area contributed by atoms with E-state index in [0.29, 0.717) is 12.0 Å². The molecule has 130 valence electrons. The van der Waals surface area contributed by atoms with Gasteiger partial charge in [0.25, 0.3) is 0 Å². The minimum Gasteiger partial charge on any atom is -0.378 e. The Balaban J connectivity index is 1.64. The van der Waals surface area contributed by atoms with Crippen LogP contribution < -0.4 is 5.32 Å². The van der Waals surface area contributed by atoms with Gasteiger partial charge in [-0.1, -0.05) is 24.3 Å². The number of thiophene rings is 2. The number of halogens is 1. The number of carbonyl (C=O) groups excluding carboxylic acids is 1. The molecule has 6 heteroatoms. The molecular formula is C19H18FNO2S2. The fraction of sp³-hybridized carbons (Fsp3) is 0.211. The molecule has 0 aliphatic heterocycles. The van der Waals surface area contributed by atoms with Crippen molar-refractivity contribution in [3.8, 4) is 0 Å². The summed E-state index contributed by atoms with van der Waals surface area (Å²) in [7, 11) is 0. The molecule has 0 aliphatic rings. The lowest BCUT2D eigenvalue weighted by Gasteiger charge is -2.27. The van der Waals surface area contributed by atoms with E-state index in [0.717, 1.165) is 10.4 Å². The summed E-state index contributed by atoms with van der Waals surface area (Å²) in [6, 6.07) is 12.0. The van der Waals surface area contributed by atoms with E-state index < -0.39 is 5.60 Å². The SMILES string of the molecule is O=C(CCc1ccccc1F)NCC(O)(c1ccsc1)c1cccs1. The molecule has 25 heavy (non-hydrogen) atoms. The molecule has 1 aromatic carbocycles. The van der Waals surface area contributed by atoms with Crippen LogP contribution in [0.15, 0.2) is 58.6 Å². The lowest BCUT2D eigenvalue weighted by Crippen LogP contribution is -2.41. The molecule has 2 N–H and O–H groups in total. The molecule has 2 heterocycles. The maximum atomic E-state index is 13.6. The molecule has 3 nitrogen and oxygen atoms in total. The smallest absolute Gasteiger partial charge is 0.220 e. The zero-order chi connectivity index (χ0) is 17.7. The summed E-state index contributed by atoms with van der Waals surface area (Å²) < 4.78 is 13.6. The molecule has 0 saturated heterocycles. The minimum absolute atomic E-state index is 0.0837. The highest BCUT2D eigenvalue weighted by Crippen LogP contribution is 2.33. The van der Waals surface area contributed by atoms with Gasteiger partial charge in [-0.25, -0.2) is 4.39 Å². The van der Waals surface area contributed by atoms with Crippen LogP contribution in [-0.4, -0.2) is 17.6 Å². The van der Waals surface area contributed by atoms with E-state index in [1.807, 2.05) is 34.3 Å². The fourth-order valence-electron chi connectivity index (χ4n) is 2.61. The first kappa shape index (κ1) is 17.8. The highest BCUT2D eigenvalue weighted by molar-refractivity contribution is 7.10. The average Bonchev–Trinajstić information content (AvgIpc) is 3.32. The molecule has 1 unspecified atom stereocenters. The Morgan fingerprint density at radius 2 is 2.00 bits per heavy atom. The number of aliphatic hydroxyl groups is 1. The van der Waals surface area contributed by atoms with Gasteiger partial charge in [-0.3, -0.25) is 4.79 Å². The summed E-state index contributed by atoms with van der Waals surface area (Å²) in [5.74, 6) is -0.517. The van der Waals surface area contributed by atoms with E-state index in [-0.39, 0.29) is 24.7 Å². The van der Waals surface area contributed by atoms with Gasteiger partial charge >= 0.3 is 0 Å². The number of amides is 1. The minimum atomic E-state index is -1.25. The molecule has 0 saturated carbocycles. The Hall–Kier alpha value is -2.02. The van der Waals surface area contributed by atoms with Gasteiger partial charge in [0.15, 0.2) is 0 Å². The van der Waals surface area contributed by atoms with E-state index in [9.17, 15) is 14.3 Å². The van der Waals surface area contributed by atoms with Crippen LogP contribution in [0.5, 0.6) is 0 Å². The van der Waals surface area contributed by atoms with Crippen molar-refractivity contribution in [2.75, 3.05) is 6.54 Å². The molecule has 0 bridgehead atoms. The van der Waals surface area contributed by atoms with Crippen LogP contribution in [0.25, 0.3) is 0 Å². The van der Waals surface area contributed by atoms with Crippen molar-refractivity contribution >= 4 is 28.6 Å². The molecule has 0 radical (unpaired) electrons. The lowest BCUT2D eigenvalue weighted by molar-refractivity contribution is -0.122. The molecule has 0 fully saturated rings. The van der Waals surface area contributed by atoms with E-state index in [2.05, 4.69) is 5.32 Å². The number of hydrogen-bond donors (Lipinski definition) is 2. The maximum absolute atomic E-state index is 13.6. The van der Waals surface area contributed by atoms with Gasteiger partial charge in [-0.15, -0.1) is 11.3 Å². The monoisotopic (exact) mass is 375 g/mol. The Labute approximate surface area is 153 Å². The largest absolute Gasteiger partial charge is 0.378 e. The Morgan fingerprint density at radius 3 is 2.68 bits per heavy atom. The first-order valence-electron chi connectivity index (χ1n) is 7.89. The number of benzene rings is 1. The molecule has 3 aromatic rings. The van der Waals surface area contributed by atoms with Crippen molar-refractivity contribution < 1.29 is 14.3 Å². The number of nitrogens with one attached hydrogen (secondary N) is 1. The van der Waals surface area contributed by atoms with Crippen molar-refractivity contribution in [2.45, 2.75) is 18.4 Å². The molecule has 0 spiro atoms. The van der Waals surface area contributed by atoms with Crippen molar-refractivity contribution in [3.05, 3.63) is 80.4 Å². The van der Waals surface area contributed by atoms with Gasteiger partial charge < -0.3 is 10.4 Å². The van der Waals surface area contributed by atoms with Crippen molar-refractivity contribution in [1.82, 2.24) is 5.32 Å². The maximum Gasteiger partial charge on any atom is 0.220 e. The quantitative estimate of drug-likeness (QED) is 0.657. The standard InChI is InChI=1S/C19H18FNO2S2/c20-16-5-2-1-4-14(16)7-8-18(22)21-13-19(23,15-9-11-24-12-15)17-6-3-10-25-17/h1-6,9-12,23H,7-8,13H2,(H,21,22). The summed E-state index contributed by atoms with van der Waals surface area (Å²) >= 11 is 2.94. The van der Waals surface area contributed by atoms with Gasteiger partial charge in [-0.2, -0.15) is 11.3 Å². The van der Waals surface area contributed by atoms with E-state index in [4.69, 9.17) is 0 Å². The first-order valence-corrected chi connectivity index (χ1v) is 9.71. The van der Waals surface area contributed by atoms with E-state index in [1.165, 1.54) is 28.7 Å². The summed E-state index contributed by atoms with van der Waals surface area (Å²) in [5.41, 5.74) is 0.0281. The van der Waals surface area contributed by atoms with Crippen LogP contribution in [-0.2, 0) is 16.8 Å². The third-order valence-corrected chi connectivity index (χ3v) is 5.75. The van der Waals surface area contributed by atoms with Gasteiger partial charge in [0, 0.05) is 16.9 Å². The predicted molar refractivity (Wildman–Crippen MR) is 99.4 cm³/mol. The summed E-state index contributed by atoms with van der Waals surface area (Å²) in [6.45, 7) is 0.0837. The van der Waals surface area contributed by atoms with Gasteiger partial charge in [0.2, 0.25) is 5.91 Å². The van der Waals surface area contributed by atoms with Crippen LogP contribution in [0.3, 0.4) is 0 Å². The fourth-order valence-corrected chi connectivity index (χ4v) is 4.18. The average molecular weight is 375 g/mol. The molecular weight excluding hydrogens is 357 g/mol. The zero-order valence-corrected chi connectivity index (χ0v) is 15.1. The molecule has 1 amide bonds. The van der Waals surface area contributed by atoms with Gasteiger partial charge in [-0.05, 0) is 46.3 Å².